The van der Waals surface area contributed by atoms with Crippen LogP contribution in [0.5, 0.6) is 11.5 Å². The van der Waals surface area contributed by atoms with Gasteiger partial charge in [-0.1, -0.05) is 36.4 Å². The number of phenols is 2. The highest BCUT2D eigenvalue weighted by Crippen LogP contribution is 2.32. The van der Waals surface area contributed by atoms with E-state index in [1.54, 1.807) is 97.4 Å². The smallest absolute Gasteiger partial charge is 0.269 e. The summed E-state index contributed by atoms with van der Waals surface area (Å²) in [7, 11) is -7.59. The van der Waals surface area contributed by atoms with Crippen LogP contribution < -0.4 is 16.6 Å². The maximum absolute atomic E-state index is 13.2. The average Bonchev–Trinajstić information content (AvgIpc) is 3.96. The van der Waals surface area contributed by atoms with Crippen molar-refractivity contribution >= 4 is 53.7 Å². The predicted octanol–water partition coefficient (Wildman–Crippen LogP) is 6.30. The zero-order chi connectivity index (χ0) is 45.7. The lowest BCUT2D eigenvalue weighted by Crippen LogP contribution is -2.15. The zero-order valence-electron chi connectivity index (χ0n) is 34.0. The molecule has 3 aromatic heterocycles. The summed E-state index contributed by atoms with van der Waals surface area (Å²) in [6.07, 6.45) is 0. The molecule has 6 aromatic carbocycles. The maximum Gasteiger partial charge on any atom is 0.269 e. The van der Waals surface area contributed by atoms with E-state index >= 15 is 0 Å². The number of rotatable bonds is 9. The number of hydrogen-bond acceptors (Lipinski definition) is 10. The van der Waals surface area contributed by atoms with E-state index in [0.717, 1.165) is 22.3 Å². The Hall–Kier alpha value is -8.06. The van der Waals surface area contributed by atoms with Crippen molar-refractivity contribution in [3.8, 4) is 45.1 Å². The number of phenolic OH excluding ortho intramolecular Hbond substituents is 2. The quantitative estimate of drug-likeness (QED) is 0.108. The lowest BCUT2D eigenvalue weighted by Gasteiger charge is -2.12. The molecule has 9 rings (SSSR count). The van der Waals surface area contributed by atoms with Crippen LogP contribution in [0.2, 0.25) is 0 Å². The topological polar surface area (TPSA) is 262 Å². The molecule has 0 aliphatic carbocycles. The second kappa shape index (κ2) is 16.3. The van der Waals surface area contributed by atoms with Crippen LogP contribution in [0.1, 0.15) is 32.4 Å². The van der Waals surface area contributed by atoms with Crippen molar-refractivity contribution < 1.29 is 36.6 Å². The van der Waals surface area contributed by atoms with Gasteiger partial charge in [-0.05, 0) is 145 Å². The molecule has 0 fully saturated rings. The number of aryl methyl sites for hydroxylation is 2. The van der Waals surface area contributed by atoms with E-state index in [-0.39, 0.29) is 32.7 Å². The molecule has 0 atom stereocenters. The minimum absolute atomic E-state index is 0.0340. The molecule has 0 radical (unpaired) electrons. The van der Waals surface area contributed by atoms with Crippen molar-refractivity contribution in [2.24, 2.45) is 16.6 Å². The van der Waals surface area contributed by atoms with E-state index in [1.807, 2.05) is 30.3 Å². The van der Waals surface area contributed by atoms with E-state index in [2.05, 4.69) is 10.2 Å². The van der Waals surface area contributed by atoms with Gasteiger partial charge >= 0.3 is 0 Å². The molecule has 0 aliphatic heterocycles. The third kappa shape index (κ3) is 8.06. The molecule has 0 saturated carbocycles. The van der Waals surface area contributed by atoms with Crippen LogP contribution in [-0.2, 0) is 20.0 Å². The number of primary sulfonamides is 1. The number of nitrogens with zero attached hydrogens (tertiary/aromatic N) is 5. The number of nitrogens with two attached hydrogens (primary N) is 3. The maximum atomic E-state index is 13.2. The van der Waals surface area contributed by atoms with Gasteiger partial charge in [0.05, 0.1) is 32.2 Å². The van der Waals surface area contributed by atoms with Crippen molar-refractivity contribution in [2.75, 3.05) is 0 Å². The molecule has 0 spiro atoms. The third-order valence-electron chi connectivity index (χ3n) is 10.4. The molecule has 0 saturated heterocycles. The summed E-state index contributed by atoms with van der Waals surface area (Å²) in [6, 6.07) is 40.0. The summed E-state index contributed by atoms with van der Waals surface area (Å²) in [5, 5.41) is 34.6. The van der Waals surface area contributed by atoms with E-state index < -0.39 is 31.9 Å². The molecule has 322 valence electrons. The largest absolute Gasteiger partial charge is 0.508 e. The molecular weight excluding hydrogens is 857 g/mol. The molecule has 0 unspecified atom stereocenters. The van der Waals surface area contributed by atoms with Crippen LogP contribution in [0.25, 0.3) is 55.4 Å². The van der Waals surface area contributed by atoms with Gasteiger partial charge in [0.2, 0.25) is 10.0 Å². The van der Waals surface area contributed by atoms with Gasteiger partial charge in [-0.2, -0.15) is 10.2 Å². The van der Waals surface area contributed by atoms with Gasteiger partial charge in [-0.25, -0.2) is 35.3 Å². The number of aromatic hydroxyl groups is 2. The number of primary amides is 2. The number of carbonyl (C=O) groups excluding carboxylic acids is 2. The molecule has 18 heteroatoms. The Morgan fingerprint density at radius 3 is 1.28 bits per heavy atom. The first-order valence-electron chi connectivity index (χ1n) is 19.3. The molecule has 9 aromatic rings. The Labute approximate surface area is 366 Å². The second-order valence-electron chi connectivity index (χ2n) is 14.7. The number of benzene rings is 6. The van der Waals surface area contributed by atoms with E-state index in [4.69, 9.17) is 16.6 Å². The van der Waals surface area contributed by atoms with Crippen LogP contribution in [-0.4, -0.2) is 62.4 Å². The Bertz CT molecular complexity index is 3520. The number of amides is 2. The first-order valence-corrected chi connectivity index (χ1v) is 22.3. The second-order valence-corrected chi connectivity index (χ2v) is 18.1. The van der Waals surface area contributed by atoms with Gasteiger partial charge in [-0.3, -0.25) is 9.59 Å². The molecule has 16 nitrogen and oxygen atoms in total. The molecule has 8 N–H and O–H groups in total. The molecule has 2 amide bonds. The highest BCUT2D eigenvalue weighted by Gasteiger charge is 2.22. The number of carbonyl (C=O) groups is 2. The minimum atomic E-state index is -3.83. The van der Waals surface area contributed by atoms with Crippen molar-refractivity contribution in [1.82, 2.24) is 23.5 Å². The van der Waals surface area contributed by atoms with E-state index in [1.165, 1.54) is 45.1 Å². The number of fused-ring (bicyclic) bond motifs is 2. The zero-order valence-corrected chi connectivity index (χ0v) is 35.6. The van der Waals surface area contributed by atoms with Crippen molar-refractivity contribution in [3.63, 3.8) is 0 Å². The van der Waals surface area contributed by atoms with Crippen molar-refractivity contribution in [3.05, 3.63) is 168 Å². The van der Waals surface area contributed by atoms with Crippen LogP contribution in [0.15, 0.2) is 155 Å². The monoisotopic (exact) mass is 894 g/mol. The fourth-order valence-electron chi connectivity index (χ4n) is 7.39. The lowest BCUT2D eigenvalue weighted by atomic mass is 10.0. The van der Waals surface area contributed by atoms with Gasteiger partial charge in [0.15, 0.2) is 11.4 Å². The summed E-state index contributed by atoms with van der Waals surface area (Å²) in [5.41, 5.74) is 18.0. The Morgan fingerprint density at radius 2 is 0.906 bits per heavy atom. The Kier molecular flexibility index (Phi) is 10.9. The van der Waals surface area contributed by atoms with Crippen molar-refractivity contribution in [1.29, 1.82) is 0 Å². The highest BCUT2D eigenvalue weighted by atomic mass is 32.2. The fourth-order valence-corrected chi connectivity index (χ4v) is 9.48. The number of hydrogen-bond donors (Lipinski definition) is 5. The van der Waals surface area contributed by atoms with Crippen LogP contribution in [0.4, 0.5) is 0 Å². The summed E-state index contributed by atoms with van der Waals surface area (Å²) in [5.74, 6) is -1.08. The Morgan fingerprint density at radius 1 is 0.516 bits per heavy atom. The van der Waals surface area contributed by atoms with Gasteiger partial charge in [0, 0.05) is 22.2 Å². The molecule has 0 aliphatic rings. The number of aromatic nitrogens is 5. The summed E-state index contributed by atoms with van der Waals surface area (Å²) < 4.78 is 53.7. The van der Waals surface area contributed by atoms with Crippen LogP contribution >= 0.6 is 0 Å². The SMILES string of the molecule is Cc1ccc(C)n1S(=O)(=O)c1ccc(-n2nc(C(N)=O)c3ccc(-c4cccc(O)c4)cc32)cc1.NC(=O)c1nn(-c2ccc(S(N)(=O)=O)cc2)c2cc(-c3cccc(O)c3)ccc12. The first kappa shape index (κ1) is 42.6. The summed E-state index contributed by atoms with van der Waals surface area (Å²) in [4.78, 5) is 24.0. The normalized spacial score (nSPS) is 11.7. The third-order valence-corrected chi connectivity index (χ3v) is 13.3. The molecule has 0 bridgehead atoms. The van der Waals surface area contributed by atoms with Gasteiger partial charge in [0.25, 0.3) is 21.8 Å². The molecule has 3 heterocycles. The van der Waals surface area contributed by atoms with Crippen molar-refractivity contribution in [2.45, 2.75) is 23.6 Å². The Balaban J connectivity index is 0.000000178. The predicted molar refractivity (Wildman–Crippen MR) is 241 cm³/mol. The molecule has 64 heavy (non-hydrogen) atoms. The van der Waals surface area contributed by atoms with Crippen LogP contribution in [0, 0.1) is 13.8 Å². The first-order chi connectivity index (χ1) is 30.4. The summed E-state index contributed by atoms with van der Waals surface area (Å²) >= 11 is 0. The van der Waals surface area contributed by atoms with Gasteiger partial charge < -0.3 is 21.7 Å². The van der Waals surface area contributed by atoms with Crippen LogP contribution in [0.3, 0.4) is 0 Å². The van der Waals surface area contributed by atoms with Gasteiger partial charge in [0.1, 0.15) is 11.5 Å². The summed E-state index contributed by atoms with van der Waals surface area (Å²) in [6.45, 7) is 3.48. The minimum Gasteiger partial charge on any atom is -0.508 e. The average molecular weight is 895 g/mol. The fraction of sp³-hybridized carbons (Fsp3) is 0.0435. The lowest BCUT2D eigenvalue weighted by molar-refractivity contribution is 0.0988. The molecular formula is C46H38N8O8S2. The van der Waals surface area contributed by atoms with Gasteiger partial charge in [-0.15, -0.1) is 0 Å². The number of sulfonamides is 1. The highest BCUT2D eigenvalue weighted by molar-refractivity contribution is 7.90. The standard InChI is InChI=1S/C26H22N4O4S.C20H16N4O4S/c1-16-6-7-17(2)30(16)35(33,34)22-11-9-20(10-12-22)29-24-15-19(18-4-3-5-21(31)14-18)8-13-23(24)25(28-29)26(27)32;21-20(26)19-17-9-4-13(12-2-1-3-15(25)10-12)11-18(17)24(23-19)14-5-7-16(8-6-14)29(22,27)28/h3-15,31H,1-2H3,(H2,27,32);1-11,25H,(H2,21,26)(H2,22,27,28). The van der Waals surface area contributed by atoms with E-state index in [0.29, 0.717) is 44.6 Å². The van der Waals surface area contributed by atoms with E-state index in [9.17, 15) is 36.6 Å².